The fraction of sp³-hybridized carbons (Fsp3) is 0.714. The fourth-order valence-electron chi connectivity index (χ4n) is 4.72. The van der Waals surface area contributed by atoms with Gasteiger partial charge in [0.2, 0.25) is 0 Å². The van der Waals surface area contributed by atoms with Crippen molar-refractivity contribution in [3.8, 4) is 0 Å². The van der Waals surface area contributed by atoms with Gasteiger partial charge in [-0.2, -0.15) is 0 Å². The summed E-state index contributed by atoms with van der Waals surface area (Å²) in [5, 5.41) is 0. The van der Waals surface area contributed by atoms with Crippen LogP contribution in [0, 0.1) is 20.8 Å². The highest BCUT2D eigenvalue weighted by molar-refractivity contribution is 5.92. The van der Waals surface area contributed by atoms with Crippen molar-refractivity contribution in [3.63, 3.8) is 0 Å². The van der Waals surface area contributed by atoms with Crippen molar-refractivity contribution < 1.29 is 38.1 Å². The second-order valence-corrected chi connectivity index (χ2v) is 14.6. The van der Waals surface area contributed by atoms with E-state index in [0.717, 1.165) is 16.7 Å². The van der Waals surface area contributed by atoms with Gasteiger partial charge in [-0.1, -0.05) is 17.7 Å². The van der Waals surface area contributed by atoms with Gasteiger partial charge in [-0.05, 0) is 94.2 Å². The molecule has 10 heteroatoms. The van der Waals surface area contributed by atoms with Gasteiger partial charge >= 0.3 is 23.9 Å². The molecule has 0 aliphatic rings. The summed E-state index contributed by atoms with van der Waals surface area (Å²) in [5.41, 5.74) is 1.60. The van der Waals surface area contributed by atoms with Gasteiger partial charge in [0, 0.05) is 39.3 Å². The molecule has 10 nitrogen and oxygen atoms in total. The van der Waals surface area contributed by atoms with E-state index in [4.69, 9.17) is 18.9 Å². The molecule has 0 N–H and O–H groups in total. The number of esters is 4. The number of nitrogens with zero attached hydrogens (tertiary/aromatic N) is 2. The zero-order valence-corrected chi connectivity index (χ0v) is 29.9. The molecule has 0 aromatic heterocycles. The minimum atomic E-state index is -0.596. The molecule has 0 aliphatic carbocycles. The van der Waals surface area contributed by atoms with Crippen LogP contribution in [0.4, 0.5) is 0 Å². The lowest BCUT2D eigenvalue weighted by atomic mass is 10.00. The molecule has 1 aromatic carbocycles. The lowest BCUT2D eigenvalue weighted by molar-refractivity contribution is -0.157. The molecule has 0 saturated carbocycles. The summed E-state index contributed by atoms with van der Waals surface area (Å²) in [6.45, 7) is 24.9. The molecule has 0 fully saturated rings. The minimum absolute atomic E-state index is 0.135. The third-order valence-electron chi connectivity index (χ3n) is 6.41. The average Bonchev–Trinajstić information content (AvgIpc) is 2.82. The molecule has 0 bridgehead atoms. The Balaban J connectivity index is 2.97. The smallest absolute Gasteiger partial charge is 0.338 e. The van der Waals surface area contributed by atoms with Crippen LogP contribution in [0.25, 0.3) is 0 Å². The fourth-order valence-corrected chi connectivity index (χ4v) is 4.72. The zero-order valence-electron chi connectivity index (χ0n) is 29.9. The van der Waals surface area contributed by atoms with Crippen LogP contribution in [0.1, 0.15) is 109 Å². The van der Waals surface area contributed by atoms with E-state index in [-0.39, 0.29) is 49.7 Å². The van der Waals surface area contributed by atoms with Gasteiger partial charge in [0.25, 0.3) is 0 Å². The summed E-state index contributed by atoms with van der Waals surface area (Å²) in [7, 11) is 0. The molecule has 0 heterocycles. The Morgan fingerprint density at radius 2 is 0.889 bits per heavy atom. The molecule has 0 atom stereocenters. The SMILES string of the molecule is Cc1cc(C)c(C(=O)OCCN(CCC(=O)OC(C)(C)C)CCN(CCC(=O)OC(C)(C)C)CCC(=O)OC(C)(C)C)c(C)c1. The second kappa shape index (κ2) is 17.6. The Labute approximate surface area is 271 Å². The van der Waals surface area contributed by atoms with E-state index in [1.54, 1.807) is 0 Å². The molecule has 0 saturated heterocycles. The Morgan fingerprint density at radius 3 is 1.22 bits per heavy atom. The van der Waals surface area contributed by atoms with Crippen LogP contribution in [0.3, 0.4) is 0 Å². The Hall–Kier alpha value is -2.98. The normalized spacial score (nSPS) is 12.3. The van der Waals surface area contributed by atoms with Gasteiger partial charge in [-0.3, -0.25) is 19.3 Å². The molecule has 0 aliphatic heterocycles. The number of ether oxygens (including phenoxy) is 4. The molecule has 45 heavy (non-hydrogen) atoms. The molecule has 0 amide bonds. The number of hydrogen-bond donors (Lipinski definition) is 0. The highest BCUT2D eigenvalue weighted by Gasteiger charge is 2.22. The predicted octanol–water partition coefficient (Wildman–Crippen LogP) is 5.57. The molecular formula is C35H58N2O8. The Bertz CT molecular complexity index is 1090. The lowest BCUT2D eigenvalue weighted by Gasteiger charge is -2.28. The van der Waals surface area contributed by atoms with Crippen molar-refractivity contribution in [2.24, 2.45) is 0 Å². The number of benzene rings is 1. The number of aryl methyl sites for hydroxylation is 3. The highest BCUT2D eigenvalue weighted by atomic mass is 16.6. The number of rotatable bonds is 16. The molecule has 0 unspecified atom stereocenters. The van der Waals surface area contributed by atoms with Gasteiger partial charge in [-0.15, -0.1) is 0 Å². The molecule has 256 valence electrons. The van der Waals surface area contributed by atoms with E-state index < -0.39 is 16.8 Å². The largest absolute Gasteiger partial charge is 0.461 e. The van der Waals surface area contributed by atoms with Crippen molar-refractivity contribution in [3.05, 3.63) is 34.4 Å². The van der Waals surface area contributed by atoms with E-state index in [0.29, 0.717) is 44.8 Å². The monoisotopic (exact) mass is 634 g/mol. The Kier molecular flexibility index (Phi) is 15.7. The standard InChI is InChI=1S/C35H58N2O8/c1-25-23-26(2)31(27(3)24-25)32(41)42-22-21-37(18-15-30(40)45-35(10,11)12)20-19-36(16-13-28(38)43-33(4,5)6)17-14-29(39)44-34(7,8)9/h23-24H,13-22H2,1-12H3. The number of carbonyl (C=O) groups is 4. The van der Waals surface area contributed by atoms with Crippen molar-refractivity contribution in [2.75, 3.05) is 45.9 Å². The maximum Gasteiger partial charge on any atom is 0.338 e. The van der Waals surface area contributed by atoms with E-state index in [1.807, 2.05) is 105 Å². The van der Waals surface area contributed by atoms with E-state index in [2.05, 4.69) is 0 Å². The van der Waals surface area contributed by atoms with Crippen LogP contribution >= 0.6 is 0 Å². The van der Waals surface area contributed by atoms with Crippen molar-refractivity contribution >= 4 is 23.9 Å². The van der Waals surface area contributed by atoms with Crippen LogP contribution in [-0.4, -0.2) is 96.4 Å². The maximum atomic E-state index is 13.0. The molecule has 1 aromatic rings. The van der Waals surface area contributed by atoms with Gasteiger partial charge in [0.15, 0.2) is 0 Å². The summed E-state index contributed by atoms with van der Waals surface area (Å²) in [5.74, 6) is -1.34. The first-order chi connectivity index (χ1) is 20.5. The summed E-state index contributed by atoms with van der Waals surface area (Å²) in [4.78, 5) is 54.4. The topological polar surface area (TPSA) is 112 Å². The lowest BCUT2D eigenvalue weighted by Crippen LogP contribution is -2.40. The number of carbonyl (C=O) groups excluding carboxylic acids is 4. The quantitative estimate of drug-likeness (QED) is 0.169. The second-order valence-electron chi connectivity index (χ2n) is 14.6. The molecule has 1 rings (SSSR count). The highest BCUT2D eigenvalue weighted by Crippen LogP contribution is 2.18. The maximum absolute atomic E-state index is 13.0. The molecular weight excluding hydrogens is 576 g/mol. The summed E-state index contributed by atoms with van der Waals surface area (Å²) < 4.78 is 22.1. The third kappa shape index (κ3) is 18.6. The first-order valence-corrected chi connectivity index (χ1v) is 15.9. The van der Waals surface area contributed by atoms with Crippen molar-refractivity contribution in [2.45, 2.75) is 119 Å². The first-order valence-electron chi connectivity index (χ1n) is 15.9. The molecule has 0 radical (unpaired) electrons. The van der Waals surface area contributed by atoms with Crippen molar-refractivity contribution in [1.29, 1.82) is 0 Å². The Morgan fingerprint density at radius 1 is 0.556 bits per heavy atom. The minimum Gasteiger partial charge on any atom is -0.461 e. The average molecular weight is 635 g/mol. The van der Waals surface area contributed by atoms with Gasteiger partial charge in [-0.25, -0.2) is 4.79 Å². The third-order valence-corrected chi connectivity index (χ3v) is 6.41. The number of hydrogen-bond acceptors (Lipinski definition) is 10. The van der Waals surface area contributed by atoms with Crippen molar-refractivity contribution in [1.82, 2.24) is 9.80 Å². The van der Waals surface area contributed by atoms with E-state index in [1.165, 1.54) is 0 Å². The van der Waals surface area contributed by atoms with E-state index in [9.17, 15) is 19.2 Å². The van der Waals surface area contributed by atoms with Crippen LogP contribution in [0.15, 0.2) is 12.1 Å². The van der Waals surface area contributed by atoms with Gasteiger partial charge in [0.05, 0.1) is 24.8 Å². The first kappa shape index (κ1) is 40.0. The summed E-state index contributed by atoms with van der Waals surface area (Å²) >= 11 is 0. The van der Waals surface area contributed by atoms with Crippen LogP contribution < -0.4 is 0 Å². The van der Waals surface area contributed by atoms with Gasteiger partial charge < -0.3 is 23.8 Å². The van der Waals surface area contributed by atoms with Gasteiger partial charge in [0.1, 0.15) is 23.4 Å². The zero-order chi connectivity index (χ0) is 34.6. The predicted molar refractivity (Wildman–Crippen MR) is 175 cm³/mol. The van der Waals surface area contributed by atoms with Crippen LogP contribution in [0.2, 0.25) is 0 Å². The van der Waals surface area contributed by atoms with E-state index >= 15 is 0 Å². The summed E-state index contributed by atoms with van der Waals surface area (Å²) in [6, 6.07) is 3.92. The molecule has 0 spiro atoms. The van der Waals surface area contributed by atoms with Crippen LogP contribution in [-0.2, 0) is 33.3 Å². The van der Waals surface area contributed by atoms with Crippen LogP contribution in [0.5, 0.6) is 0 Å². The summed E-state index contributed by atoms with van der Waals surface area (Å²) in [6.07, 6.45) is 0.490.